The van der Waals surface area contributed by atoms with Crippen molar-refractivity contribution in [1.82, 2.24) is 16.0 Å². The van der Waals surface area contributed by atoms with Gasteiger partial charge in [-0.25, -0.2) is 0 Å². The van der Waals surface area contributed by atoms with Crippen molar-refractivity contribution < 1.29 is 29.4 Å². The second-order valence-corrected chi connectivity index (χ2v) is 7.42. The van der Waals surface area contributed by atoms with E-state index in [1.807, 2.05) is 20.8 Å². The van der Waals surface area contributed by atoms with E-state index >= 15 is 0 Å². The van der Waals surface area contributed by atoms with Gasteiger partial charge in [-0.15, -0.1) is 0 Å². The van der Waals surface area contributed by atoms with Crippen molar-refractivity contribution >= 4 is 23.7 Å². The Bertz CT molecular complexity index is 554. The topological polar surface area (TPSA) is 171 Å². The largest absolute Gasteiger partial charge is 0.480 e. The zero-order chi connectivity index (χ0) is 22.0. The SMILES string of the molecule is CCC(C)C(NC(=O)C(N)CO)C(=O)NC(CC(C)C)C(=O)NC(C)C(=O)O. The highest BCUT2D eigenvalue weighted by Crippen LogP contribution is 2.11. The number of nitrogens with one attached hydrogen (secondary N) is 3. The Morgan fingerprint density at radius 2 is 1.50 bits per heavy atom. The van der Waals surface area contributed by atoms with E-state index < -0.39 is 54.5 Å². The minimum absolute atomic E-state index is 0.0515. The van der Waals surface area contributed by atoms with Crippen molar-refractivity contribution in [1.29, 1.82) is 0 Å². The van der Waals surface area contributed by atoms with Crippen LogP contribution in [0.2, 0.25) is 0 Å². The summed E-state index contributed by atoms with van der Waals surface area (Å²) in [6, 6.07) is -4.17. The monoisotopic (exact) mass is 402 g/mol. The lowest BCUT2D eigenvalue weighted by atomic mass is 9.96. The van der Waals surface area contributed by atoms with E-state index in [2.05, 4.69) is 16.0 Å². The Hall–Kier alpha value is -2.20. The smallest absolute Gasteiger partial charge is 0.325 e. The fourth-order valence-corrected chi connectivity index (χ4v) is 2.39. The molecule has 0 aliphatic carbocycles. The maximum atomic E-state index is 12.8. The molecule has 28 heavy (non-hydrogen) atoms. The quantitative estimate of drug-likeness (QED) is 0.242. The molecule has 10 heteroatoms. The summed E-state index contributed by atoms with van der Waals surface area (Å²) in [5.41, 5.74) is 5.49. The molecule has 5 atom stereocenters. The van der Waals surface area contributed by atoms with Crippen molar-refractivity contribution in [3.05, 3.63) is 0 Å². The van der Waals surface area contributed by atoms with Gasteiger partial charge >= 0.3 is 5.97 Å². The van der Waals surface area contributed by atoms with Crippen LogP contribution in [0.4, 0.5) is 0 Å². The van der Waals surface area contributed by atoms with Crippen LogP contribution >= 0.6 is 0 Å². The molecule has 3 amide bonds. The first-order valence-corrected chi connectivity index (χ1v) is 9.44. The lowest BCUT2D eigenvalue weighted by molar-refractivity contribution is -0.142. The third-order valence-corrected chi connectivity index (χ3v) is 4.40. The highest BCUT2D eigenvalue weighted by Gasteiger charge is 2.32. The van der Waals surface area contributed by atoms with Crippen LogP contribution in [-0.4, -0.2) is 64.7 Å². The van der Waals surface area contributed by atoms with Crippen molar-refractivity contribution in [3.63, 3.8) is 0 Å². The van der Waals surface area contributed by atoms with Gasteiger partial charge in [0.1, 0.15) is 24.2 Å². The second kappa shape index (κ2) is 12.3. The number of hydrogen-bond donors (Lipinski definition) is 6. The predicted molar refractivity (Wildman–Crippen MR) is 103 cm³/mol. The highest BCUT2D eigenvalue weighted by molar-refractivity contribution is 5.94. The maximum absolute atomic E-state index is 12.8. The minimum atomic E-state index is -1.19. The second-order valence-electron chi connectivity index (χ2n) is 7.42. The average Bonchev–Trinajstić information content (AvgIpc) is 2.63. The summed E-state index contributed by atoms with van der Waals surface area (Å²) in [4.78, 5) is 48.2. The number of carboxylic acid groups (broad SMARTS) is 1. The van der Waals surface area contributed by atoms with Gasteiger partial charge in [0.2, 0.25) is 17.7 Å². The molecular formula is C18H34N4O6. The van der Waals surface area contributed by atoms with Gasteiger partial charge < -0.3 is 31.9 Å². The summed E-state index contributed by atoms with van der Waals surface area (Å²) in [7, 11) is 0. The number of carbonyl (C=O) groups excluding carboxylic acids is 3. The molecule has 10 nitrogen and oxygen atoms in total. The standard InChI is InChI=1S/C18H34N4O6/c1-6-10(4)14(22-15(24)12(19)8-23)17(26)21-13(7-9(2)3)16(25)20-11(5)18(27)28/h9-14,23H,6-8,19H2,1-5H3,(H,20,25)(H,21,26)(H,22,24)(H,27,28). The van der Waals surface area contributed by atoms with E-state index in [4.69, 9.17) is 15.9 Å². The third-order valence-electron chi connectivity index (χ3n) is 4.40. The fourth-order valence-electron chi connectivity index (χ4n) is 2.39. The predicted octanol–water partition coefficient (Wildman–Crippen LogP) is -1.04. The summed E-state index contributed by atoms with van der Waals surface area (Å²) in [5, 5.41) is 25.4. The Morgan fingerprint density at radius 1 is 0.929 bits per heavy atom. The zero-order valence-electron chi connectivity index (χ0n) is 17.2. The number of hydrogen-bond acceptors (Lipinski definition) is 6. The van der Waals surface area contributed by atoms with Crippen molar-refractivity contribution in [3.8, 4) is 0 Å². The molecule has 7 N–H and O–H groups in total. The van der Waals surface area contributed by atoms with Gasteiger partial charge in [-0.2, -0.15) is 0 Å². The Labute approximate surface area is 165 Å². The number of rotatable bonds is 12. The number of aliphatic carboxylic acids is 1. The molecule has 0 saturated heterocycles. The van der Waals surface area contributed by atoms with Crippen LogP contribution in [0.1, 0.15) is 47.5 Å². The Kier molecular flexibility index (Phi) is 11.3. The maximum Gasteiger partial charge on any atom is 0.325 e. The molecule has 162 valence electrons. The number of nitrogens with two attached hydrogens (primary N) is 1. The van der Waals surface area contributed by atoms with Crippen LogP contribution in [0.5, 0.6) is 0 Å². The highest BCUT2D eigenvalue weighted by atomic mass is 16.4. The van der Waals surface area contributed by atoms with Crippen molar-refractivity contribution in [2.75, 3.05) is 6.61 Å². The first-order valence-electron chi connectivity index (χ1n) is 9.44. The molecule has 0 heterocycles. The van der Waals surface area contributed by atoms with Crippen molar-refractivity contribution in [2.24, 2.45) is 17.6 Å². The lowest BCUT2D eigenvalue weighted by Gasteiger charge is -2.28. The average molecular weight is 402 g/mol. The molecule has 0 saturated carbocycles. The van der Waals surface area contributed by atoms with Crippen LogP contribution in [0.15, 0.2) is 0 Å². The third kappa shape index (κ3) is 8.66. The molecule has 0 aromatic carbocycles. The van der Waals surface area contributed by atoms with Gasteiger partial charge in [-0.05, 0) is 25.2 Å². The van der Waals surface area contributed by atoms with E-state index in [0.717, 1.165) is 0 Å². The molecule has 0 radical (unpaired) electrons. The molecule has 0 aliphatic rings. The fraction of sp³-hybridized carbons (Fsp3) is 0.778. The van der Waals surface area contributed by atoms with E-state index in [9.17, 15) is 19.2 Å². The zero-order valence-corrected chi connectivity index (χ0v) is 17.2. The molecule has 0 spiro atoms. The molecule has 0 aliphatic heterocycles. The van der Waals surface area contributed by atoms with Gasteiger partial charge in [-0.1, -0.05) is 34.1 Å². The molecule has 0 aromatic rings. The first-order chi connectivity index (χ1) is 12.9. The molecule has 0 rings (SSSR count). The van der Waals surface area contributed by atoms with Crippen molar-refractivity contribution in [2.45, 2.75) is 71.6 Å². The van der Waals surface area contributed by atoms with E-state index in [1.165, 1.54) is 6.92 Å². The van der Waals surface area contributed by atoms with E-state index in [0.29, 0.717) is 12.8 Å². The molecule has 5 unspecified atom stereocenters. The lowest BCUT2D eigenvalue weighted by Crippen LogP contribution is -2.59. The summed E-state index contributed by atoms with van der Waals surface area (Å²) >= 11 is 0. The van der Waals surface area contributed by atoms with Crippen LogP contribution in [0.3, 0.4) is 0 Å². The summed E-state index contributed by atoms with van der Waals surface area (Å²) in [6.45, 7) is 8.09. The number of carboxylic acids is 1. The Balaban J connectivity index is 5.36. The van der Waals surface area contributed by atoms with Crippen LogP contribution in [0.25, 0.3) is 0 Å². The molecular weight excluding hydrogens is 368 g/mol. The van der Waals surface area contributed by atoms with Gasteiger partial charge in [-0.3, -0.25) is 19.2 Å². The van der Waals surface area contributed by atoms with Gasteiger partial charge in [0.15, 0.2) is 0 Å². The number of amides is 3. The van der Waals surface area contributed by atoms with Gasteiger partial charge in [0, 0.05) is 0 Å². The molecule has 0 bridgehead atoms. The number of aliphatic hydroxyl groups excluding tert-OH is 1. The normalized spacial score (nSPS) is 16.4. The van der Waals surface area contributed by atoms with Crippen LogP contribution < -0.4 is 21.7 Å². The van der Waals surface area contributed by atoms with E-state index in [-0.39, 0.29) is 11.8 Å². The minimum Gasteiger partial charge on any atom is -0.480 e. The van der Waals surface area contributed by atoms with Gasteiger partial charge in [0.05, 0.1) is 6.61 Å². The summed E-state index contributed by atoms with van der Waals surface area (Å²) in [5.74, 6) is -3.25. The van der Waals surface area contributed by atoms with Crippen LogP contribution in [0, 0.1) is 11.8 Å². The summed E-state index contributed by atoms with van der Waals surface area (Å²) < 4.78 is 0. The molecule has 0 fully saturated rings. The van der Waals surface area contributed by atoms with Gasteiger partial charge in [0.25, 0.3) is 0 Å². The van der Waals surface area contributed by atoms with Crippen LogP contribution in [-0.2, 0) is 19.2 Å². The van der Waals surface area contributed by atoms with E-state index in [1.54, 1.807) is 6.92 Å². The summed E-state index contributed by atoms with van der Waals surface area (Å²) in [6.07, 6.45) is 0.866. The molecule has 0 aromatic heterocycles. The number of aliphatic hydroxyl groups is 1. The first kappa shape index (κ1) is 25.8. The number of carbonyl (C=O) groups is 4. The Morgan fingerprint density at radius 3 is 1.93 bits per heavy atom.